The second kappa shape index (κ2) is 8.86. The Kier molecular flexibility index (Phi) is 6.80. The van der Waals surface area contributed by atoms with Gasteiger partial charge in [0, 0.05) is 16.9 Å². The third-order valence-electron chi connectivity index (χ3n) is 4.83. The van der Waals surface area contributed by atoms with E-state index < -0.39 is 18.0 Å². The van der Waals surface area contributed by atoms with Gasteiger partial charge in [-0.15, -0.1) is 0 Å². The number of aromatic nitrogens is 1. The average Bonchev–Trinajstić information content (AvgIpc) is 2.94. The number of anilines is 1. The molecule has 6 heteroatoms. The molecule has 2 rings (SSSR count). The van der Waals surface area contributed by atoms with Crippen LogP contribution in [0.1, 0.15) is 72.1 Å². The first-order chi connectivity index (χ1) is 12.7. The molecule has 2 atom stereocenters. The van der Waals surface area contributed by atoms with Crippen molar-refractivity contribution < 1.29 is 19.4 Å². The van der Waals surface area contributed by atoms with Crippen LogP contribution in [0.4, 0.5) is 5.69 Å². The molecule has 0 aliphatic heterocycles. The lowest BCUT2D eigenvalue weighted by Crippen LogP contribution is -2.21. The number of nitrogens with one attached hydrogen (secondary N) is 2. The Hall–Kier alpha value is -2.60. The van der Waals surface area contributed by atoms with E-state index in [0.29, 0.717) is 28.4 Å². The van der Waals surface area contributed by atoms with Crippen LogP contribution >= 0.6 is 0 Å². The lowest BCUT2D eigenvalue weighted by Gasteiger charge is -2.11. The fourth-order valence-corrected chi connectivity index (χ4v) is 3.13. The number of H-pyrrole nitrogens is 1. The van der Waals surface area contributed by atoms with Gasteiger partial charge in [0.2, 0.25) is 0 Å². The Morgan fingerprint density at radius 1 is 1.19 bits per heavy atom. The van der Waals surface area contributed by atoms with Crippen molar-refractivity contribution in [1.29, 1.82) is 0 Å². The maximum atomic E-state index is 12.2. The van der Waals surface area contributed by atoms with E-state index in [0.717, 1.165) is 6.42 Å². The number of hydrogen-bond acceptors (Lipinski definition) is 4. The maximum absolute atomic E-state index is 12.2. The summed E-state index contributed by atoms with van der Waals surface area (Å²) in [7, 11) is 0. The highest BCUT2D eigenvalue weighted by Crippen LogP contribution is 2.25. The largest absolute Gasteiger partial charge is 0.451 e. The highest BCUT2D eigenvalue weighted by atomic mass is 16.5. The second-order valence-corrected chi connectivity index (χ2v) is 6.90. The molecule has 0 saturated heterocycles. The van der Waals surface area contributed by atoms with Crippen molar-refractivity contribution in [3.05, 3.63) is 52.3 Å². The van der Waals surface area contributed by atoms with Crippen LogP contribution in [0.2, 0.25) is 0 Å². The van der Waals surface area contributed by atoms with Gasteiger partial charge in [-0.25, -0.2) is 4.79 Å². The van der Waals surface area contributed by atoms with Crippen LogP contribution in [-0.2, 0) is 9.53 Å². The zero-order chi connectivity index (χ0) is 20.1. The molecule has 0 radical (unpaired) electrons. The predicted molar refractivity (Wildman–Crippen MR) is 105 cm³/mol. The van der Waals surface area contributed by atoms with E-state index in [1.54, 1.807) is 20.8 Å². The molecule has 2 aromatic rings. The Morgan fingerprint density at radius 3 is 2.33 bits per heavy atom. The van der Waals surface area contributed by atoms with Crippen LogP contribution in [0.3, 0.4) is 0 Å². The molecule has 1 heterocycles. The minimum absolute atomic E-state index is 0.258. The molecule has 0 spiro atoms. The first-order valence-electron chi connectivity index (χ1n) is 9.18. The molecule has 3 N–H and O–H groups in total. The fraction of sp³-hybridized carbons (Fsp3) is 0.429. The first kappa shape index (κ1) is 20.7. The van der Waals surface area contributed by atoms with Gasteiger partial charge >= 0.3 is 5.97 Å². The van der Waals surface area contributed by atoms with E-state index >= 15 is 0 Å². The van der Waals surface area contributed by atoms with Gasteiger partial charge in [0.15, 0.2) is 6.61 Å². The standard InChI is InChI=1S/C21H28N2O4/c1-6-12(2)16-7-9-17(10-8-16)23-18(25)11-27-21(26)20-13(3)19(15(5)24)14(4)22-20/h7-10,12,15,22,24H,6,11H2,1-5H3,(H,23,25)/t12-,15+/m1/s1. The Labute approximate surface area is 159 Å². The summed E-state index contributed by atoms with van der Waals surface area (Å²) in [6.45, 7) is 9.06. The summed E-state index contributed by atoms with van der Waals surface area (Å²) in [6.07, 6.45) is 0.361. The maximum Gasteiger partial charge on any atom is 0.355 e. The third kappa shape index (κ3) is 4.98. The number of amides is 1. The number of aryl methyl sites for hydroxylation is 1. The third-order valence-corrected chi connectivity index (χ3v) is 4.83. The summed E-state index contributed by atoms with van der Waals surface area (Å²) < 4.78 is 5.11. The summed E-state index contributed by atoms with van der Waals surface area (Å²) in [5, 5.41) is 12.5. The quantitative estimate of drug-likeness (QED) is 0.641. The molecule has 0 aliphatic rings. The molecular formula is C21H28N2O4. The molecule has 6 nitrogen and oxygen atoms in total. The van der Waals surface area contributed by atoms with Crippen LogP contribution in [0.15, 0.2) is 24.3 Å². The Morgan fingerprint density at radius 2 is 1.81 bits per heavy atom. The topological polar surface area (TPSA) is 91.4 Å². The molecule has 146 valence electrons. The Bertz CT molecular complexity index is 806. The van der Waals surface area contributed by atoms with Gasteiger partial charge in [-0.1, -0.05) is 26.0 Å². The summed E-state index contributed by atoms with van der Waals surface area (Å²) in [5.41, 5.74) is 4.15. The molecule has 0 bridgehead atoms. The number of ether oxygens (including phenoxy) is 1. The Balaban J connectivity index is 1.94. The van der Waals surface area contributed by atoms with E-state index in [4.69, 9.17) is 4.74 Å². The molecule has 27 heavy (non-hydrogen) atoms. The van der Waals surface area contributed by atoms with Gasteiger partial charge in [0.05, 0.1) is 6.10 Å². The van der Waals surface area contributed by atoms with Gasteiger partial charge in [0.1, 0.15) is 5.69 Å². The highest BCUT2D eigenvalue weighted by Gasteiger charge is 2.21. The van der Waals surface area contributed by atoms with Gasteiger partial charge in [-0.05, 0) is 56.4 Å². The van der Waals surface area contributed by atoms with Gasteiger partial charge in [-0.2, -0.15) is 0 Å². The number of carbonyl (C=O) groups excluding carboxylic acids is 2. The lowest BCUT2D eigenvalue weighted by molar-refractivity contribution is -0.119. The zero-order valence-electron chi connectivity index (χ0n) is 16.6. The SMILES string of the molecule is CC[C@@H](C)c1ccc(NC(=O)COC(=O)c2[nH]c(C)c([C@H](C)O)c2C)cc1. The second-order valence-electron chi connectivity index (χ2n) is 6.90. The van der Waals surface area contributed by atoms with Gasteiger partial charge < -0.3 is 20.1 Å². The predicted octanol–water partition coefficient (Wildman–Crippen LogP) is 3.99. The van der Waals surface area contributed by atoms with E-state index in [1.165, 1.54) is 5.56 Å². The average molecular weight is 372 g/mol. The minimum atomic E-state index is -0.690. The van der Waals surface area contributed by atoms with Crippen LogP contribution in [0, 0.1) is 13.8 Å². The van der Waals surface area contributed by atoms with Crippen LogP contribution in [0.25, 0.3) is 0 Å². The normalized spacial score (nSPS) is 13.1. The lowest BCUT2D eigenvalue weighted by atomic mass is 9.99. The van der Waals surface area contributed by atoms with E-state index in [2.05, 4.69) is 24.1 Å². The van der Waals surface area contributed by atoms with E-state index in [-0.39, 0.29) is 12.3 Å². The number of aliphatic hydroxyl groups is 1. The number of rotatable bonds is 7. The molecule has 0 saturated carbocycles. The molecule has 0 unspecified atom stereocenters. The van der Waals surface area contributed by atoms with Crippen LogP contribution in [0.5, 0.6) is 0 Å². The van der Waals surface area contributed by atoms with Crippen LogP contribution < -0.4 is 5.32 Å². The molecule has 1 aromatic carbocycles. The van der Waals surface area contributed by atoms with Crippen molar-refractivity contribution in [2.75, 3.05) is 11.9 Å². The number of esters is 1. The summed E-state index contributed by atoms with van der Waals surface area (Å²) in [4.78, 5) is 27.2. The minimum Gasteiger partial charge on any atom is -0.451 e. The van der Waals surface area contributed by atoms with Gasteiger partial charge in [0.25, 0.3) is 5.91 Å². The number of hydrogen-bond donors (Lipinski definition) is 3. The monoisotopic (exact) mass is 372 g/mol. The molecular weight excluding hydrogens is 344 g/mol. The molecule has 1 amide bonds. The zero-order valence-corrected chi connectivity index (χ0v) is 16.6. The van der Waals surface area contributed by atoms with Crippen molar-refractivity contribution in [2.24, 2.45) is 0 Å². The number of aliphatic hydroxyl groups excluding tert-OH is 1. The molecule has 0 aliphatic carbocycles. The number of aromatic amines is 1. The fourth-order valence-electron chi connectivity index (χ4n) is 3.13. The van der Waals surface area contributed by atoms with E-state index in [1.807, 2.05) is 24.3 Å². The molecule has 0 fully saturated rings. The number of carbonyl (C=O) groups is 2. The number of benzene rings is 1. The smallest absolute Gasteiger partial charge is 0.355 e. The summed E-state index contributed by atoms with van der Waals surface area (Å²) in [5.74, 6) is -0.559. The summed E-state index contributed by atoms with van der Waals surface area (Å²) in [6, 6.07) is 7.65. The molecule has 1 aromatic heterocycles. The van der Waals surface area contributed by atoms with Crippen molar-refractivity contribution in [1.82, 2.24) is 4.98 Å². The first-order valence-corrected chi connectivity index (χ1v) is 9.18. The van der Waals surface area contributed by atoms with E-state index in [9.17, 15) is 14.7 Å². The van der Waals surface area contributed by atoms with Crippen molar-refractivity contribution in [3.8, 4) is 0 Å². The van der Waals surface area contributed by atoms with Crippen molar-refractivity contribution in [2.45, 2.75) is 53.1 Å². The van der Waals surface area contributed by atoms with Crippen molar-refractivity contribution >= 4 is 17.6 Å². The van der Waals surface area contributed by atoms with Crippen molar-refractivity contribution in [3.63, 3.8) is 0 Å². The summed E-state index contributed by atoms with van der Waals surface area (Å²) >= 11 is 0. The van der Waals surface area contributed by atoms with Crippen LogP contribution in [-0.4, -0.2) is 28.6 Å². The highest BCUT2D eigenvalue weighted by molar-refractivity contribution is 5.95. The van der Waals surface area contributed by atoms with Gasteiger partial charge in [-0.3, -0.25) is 4.79 Å².